The van der Waals surface area contributed by atoms with E-state index in [2.05, 4.69) is 4.98 Å². The van der Waals surface area contributed by atoms with Crippen molar-refractivity contribution in [2.45, 2.75) is 0 Å². The van der Waals surface area contributed by atoms with Gasteiger partial charge in [0.2, 0.25) is 11.6 Å². The van der Waals surface area contributed by atoms with Crippen LogP contribution in [0.2, 0.25) is 0 Å². The Hall–Kier alpha value is -2.76. The first-order chi connectivity index (χ1) is 12.3. The van der Waals surface area contributed by atoms with Crippen LogP contribution >= 0.6 is 11.3 Å². The third kappa shape index (κ3) is 3.19. The van der Waals surface area contributed by atoms with E-state index in [9.17, 15) is 32.5 Å². The summed E-state index contributed by atoms with van der Waals surface area (Å²) in [5, 5.41) is 10.5. The molecule has 2 aromatic rings. The van der Waals surface area contributed by atoms with Crippen molar-refractivity contribution in [1.29, 1.82) is 0 Å². The van der Waals surface area contributed by atoms with Crippen molar-refractivity contribution in [2.75, 3.05) is 31.1 Å². The van der Waals surface area contributed by atoms with Gasteiger partial charge in [0.25, 0.3) is 17.8 Å². The molecular formula is C14H10F4N4O3S. The summed E-state index contributed by atoms with van der Waals surface area (Å²) < 4.78 is 54.1. The van der Waals surface area contributed by atoms with Gasteiger partial charge >= 0.3 is 5.00 Å². The number of amides is 1. The molecular weight excluding hydrogens is 380 g/mol. The number of halogens is 4. The first-order valence-corrected chi connectivity index (χ1v) is 8.09. The molecule has 0 saturated carbocycles. The number of carbonyl (C=O) groups is 1. The van der Waals surface area contributed by atoms with Crippen LogP contribution in [0.25, 0.3) is 0 Å². The van der Waals surface area contributed by atoms with Gasteiger partial charge in [0.15, 0.2) is 0 Å². The van der Waals surface area contributed by atoms with Crippen LogP contribution in [0.15, 0.2) is 12.1 Å². The molecule has 0 bridgehead atoms. The van der Waals surface area contributed by atoms with E-state index in [0.29, 0.717) is 0 Å². The summed E-state index contributed by atoms with van der Waals surface area (Å²) in [4.78, 5) is 27.5. The van der Waals surface area contributed by atoms with Gasteiger partial charge in [-0.1, -0.05) is 11.3 Å². The van der Waals surface area contributed by atoms with Crippen molar-refractivity contribution in [2.24, 2.45) is 0 Å². The monoisotopic (exact) mass is 390 g/mol. The highest BCUT2D eigenvalue weighted by molar-refractivity contribution is 7.17. The zero-order valence-electron chi connectivity index (χ0n) is 12.9. The zero-order valence-corrected chi connectivity index (χ0v) is 13.7. The Balaban J connectivity index is 1.73. The molecule has 0 atom stereocenters. The fourth-order valence-electron chi connectivity index (χ4n) is 2.58. The molecule has 0 aromatic carbocycles. The number of hydrogen-bond acceptors (Lipinski definition) is 6. The molecule has 0 aliphatic carbocycles. The van der Waals surface area contributed by atoms with E-state index in [1.807, 2.05) is 0 Å². The van der Waals surface area contributed by atoms with Crippen LogP contribution in [-0.4, -0.2) is 46.9 Å². The molecule has 0 radical (unpaired) electrons. The van der Waals surface area contributed by atoms with Gasteiger partial charge in [0.1, 0.15) is 5.69 Å². The van der Waals surface area contributed by atoms with Crippen molar-refractivity contribution >= 4 is 27.9 Å². The number of rotatable bonds is 3. The van der Waals surface area contributed by atoms with E-state index >= 15 is 0 Å². The van der Waals surface area contributed by atoms with Crippen molar-refractivity contribution < 1.29 is 27.3 Å². The quantitative estimate of drug-likeness (QED) is 0.348. The SMILES string of the molecule is O=C(c1ccc([N+](=O)[O-])s1)N1CCN(c2c(F)c(F)nc(F)c2F)CC1. The normalized spacial score (nSPS) is 14.6. The Morgan fingerprint density at radius 2 is 1.65 bits per heavy atom. The van der Waals surface area contributed by atoms with Gasteiger partial charge in [0, 0.05) is 32.2 Å². The molecule has 26 heavy (non-hydrogen) atoms. The van der Waals surface area contributed by atoms with E-state index in [0.717, 1.165) is 16.2 Å². The van der Waals surface area contributed by atoms with E-state index in [1.165, 1.54) is 17.0 Å². The number of aromatic nitrogens is 1. The number of anilines is 1. The summed E-state index contributed by atoms with van der Waals surface area (Å²) in [5.74, 6) is -7.16. The molecule has 3 rings (SSSR count). The summed E-state index contributed by atoms with van der Waals surface area (Å²) in [5.41, 5.74) is -0.867. The van der Waals surface area contributed by atoms with Crippen LogP contribution in [0.4, 0.5) is 28.3 Å². The molecule has 2 aromatic heterocycles. The highest BCUT2D eigenvalue weighted by atomic mass is 32.1. The zero-order chi connectivity index (χ0) is 19.0. The second-order valence-corrected chi connectivity index (χ2v) is 6.41. The highest BCUT2D eigenvalue weighted by Gasteiger charge is 2.30. The van der Waals surface area contributed by atoms with Gasteiger partial charge in [-0.25, -0.2) is 0 Å². The Bertz CT molecular complexity index is 857. The van der Waals surface area contributed by atoms with Gasteiger partial charge in [0.05, 0.1) is 9.80 Å². The minimum atomic E-state index is -1.75. The topological polar surface area (TPSA) is 79.6 Å². The maximum atomic E-state index is 13.8. The highest BCUT2D eigenvalue weighted by Crippen LogP contribution is 2.28. The molecule has 12 heteroatoms. The summed E-state index contributed by atoms with van der Waals surface area (Å²) in [6.07, 6.45) is 0. The Labute approximate surface area is 147 Å². The van der Waals surface area contributed by atoms with Crippen molar-refractivity contribution in [3.05, 3.63) is 50.7 Å². The lowest BCUT2D eigenvalue weighted by Crippen LogP contribution is -2.49. The van der Waals surface area contributed by atoms with E-state index in [4.69, 9.17) is 0 Å². The third-order valence-corrected chi connectivity index (χ3v) is 4.86. The van der Waals surface area contributed by atoms with Crippen molar-refractivity contribution in [3.63, 3.8) is 0 Å². The van der Waals surface area contributed by atoms with Crippen molar-refractivity contribution in [3.8, 4) is 0 Å². The predicted octanol–water partition coefficient (Wildman–Crippen LogP) is 2.57. The largest absolute Gasteiger partial charge is 0.363 e. The Morgan fingerprint density at radius 1 is 1.08 bits per heavy atom. The van der Waals surface area contributed by atoms with E-state index < -0.39 is 40.0 Å². The number of nitro groups is 1. The van der Waals surface area contributed by atoms with Crippen LogP contribution in [0.3, 0.4) is 0 Å². The number of pyridine rings is 1. The first kappa shape index (κ1) is 18.0. The Kier molecular flexibility index (Phi) is 4.76. The average Bonchev–Trinajstić information content (AvgIpc) is 3.11. The number of hydrogen-bond donors (Lipinski definition) is 0. The van der Waals surface area contributed by atoms with Gasteiger partial charge < -0.3 is 9.80 Å². The molecule has 138 valence electrons. The fourth-order valence-corrected chi connectivity index (χ4v) is 3.37. The van der Waals surface area contributed by atoms with Gasteiger partial charge in [-0.15, -0.1) is 0 Å². The maximum absolute atomic E-state index is 13.8. The van der Waals surface area contributed by atoms with Crippen LogP contribution in [0.1, 0.15) is 9.67 Å². The maximum Gasteiger partial charge on any atom is 0.324 e. The molecule has 3 heterocycles. The molecule has 0 spiro atoms. The number of thiophene rings is 1. The molecule has 1 amide bonds. The number of nitrogens with zero attached hydrogens (tertiary/aromatic N) is 4. The summed E-state index contributed by atoms with van der Waals surface area (Å²) in [7, 11) is 0. The van der Waals surface area contributed by atoms with Crippen LogP contribution in [0, 0.1) is 33.6 Å². The lowest BCUT2D eigenvalue weighted by molar-refractivity contribution is -0.380. The third-order valence-electron chi connectivity index (χ3n) is 3.84. The second-order valence-electron chi connectivity index (χ2n) is 5.34. The molecule has 7 nitrogen and oxygen atoms in total. The molecule has 1 aliphatic heterocycles. The predicted molar refractivity (Wildman–Crippen MR) is 83.2 cm³/mol. The van der Waals surface area contributed by atoms with Gasteiger partial charge in [-0.2, -0.15) is 22.5 Å². The second kappa shape index (κ2) is 6.86. The van der Waals surface area contributed by atoms with E-state index in [1.54, 1.807) is 0 Å². The van der Waals surface area contributed by atoms with E-state index in [-0.39, 0.29) is 36.1 Å². The van der Waals surface area contributed by atoms with Crippen LogP contribution in [0.5, 0.6) is 0 Å². The number of carbonyl (C=O) groups excluding carboxylic acids is 1. The summed E-state index contributed by atoms with van der Waals surface area (Å²) in [6.45, 7) is -0.101. The number of piperazine rings is 1. The minimum Gasteiger partial charge on any atom is -0.363 e. The molecule has 0 N–H and O–H groups in total. The Morgan fingerprint density at radius 3 is 2.15 bits per heavy atom. The lowest BCUT2D eigenvalue weighted by atomic mass is 10.2. The lowest BCUT2D eigenvalue weighted by Gasteiger charge is -2.36. The molecule has 0 unspecified atom stereocenters. The smallest absolute Gasteiger partial charge is 0.324 e. The summed E-state index contributed by atoms with van der Waals surface area (Å²) in [6, 6.07) is 2.53. The van der Waals surface area contributed by atoms with Crippen molar-refractivity contribution in [1.82, 2.24) is 9.88 Å². The van der Waals surface area contributed by atoms with Crippen LogP contribution in [-0.2, 0) is 0 Å². The average molecular weight is 390 g/mol. The minimum absolute atomic E-state index is 0.0228. The molecule has 1 aliphatic rings. The molecule has 1 fully saturated rings. The van der Waals surface area contributed by atoms with Gasteiger partial charge in [-0.05, 0) is 6.07 Å². The standard InChI is InChI=1S/C14H10F4N4O3S/c15-9-11(10(16)13(18)19-12(9)17)20-3-5-21(6-4-20)14(23)7-1-2-8(26-7)22(24)25/h1-2H,3-6H2. The van der Waals surface area contributed by atoms with Gasteiger partial charge in [-0.3, -0.25) is 14.9 Å². The summed E-state index contributed by atoms with van der Waals surface area (Å²) >= 11 is 0.717. The fraction of sp³-hybridized carbons (Fsp3) is 0.286. The first-order valence-electron chi connectivity index (χ1n) is 7.28. The van der Waals surface area contributed by atoms with Crippen LogP contribution < -0.4 is 4.90 Å². The molecule has 1 saturated heterocycles.